The standard InChI is InChI=1S/C26H28O3/c1-3-28-18-24(27)19-29-25-16-14-23(15-17-25)26(22-12-8-5-9-13-22)20(2)21-10-6-4-7-11-21/h4-17,24,27H,3,18-19H2,1-2H3/b26-20+. The Labute approximate surface area is 173 Å². The largest absolute Gasteiger partial charge is 0.491 e. The molecule has 1 atom stereocenters. The second-order valence-electron chi connectivity index (χ2n) is 6.88. The maximum Gasteiger partial charge on any atom is 0.119 e. The van der Waals surface area contributed by atoms with Crippen LogP contribution in [0.5, 0.6) is 5.75 Å². The summed E-state index contributed by atoms with van der Waals surface area (Å²) in [6.45, 7) is 5.14. The van der Waals surface area contributed by atoms with Crippen LogP contribution in [-0.4, -0.2) is 31.0 Å². The van der Waals surface area contributed by atoms with Crippen LogP contribution in [0.3, 0.4) is 0 Å². The monoisotopic (exact) mass is 388 g/mol. The van der Waals surface area contributed by atoms with E-state index in [-0.39, 0.29) is 13.2 Å². The van der Waals surface area contributed by atoms with Gasteiger partial charge in [-0.05, 0) is 53.8 Å². The van der Waals surface area contributed by atoms with Gasteiger partial charge in [0.1, 0.15) is 18.5 Å². The average Bonchev–Trinajstić information content (AvgIpc) is 2.78. The Hall–Kier alpha value is -2.88. The summed E-state index contributed by atoms with van der Waals surface area (Å²) in [5, 5.41) is 9.87. The predicted octanol–water partition coefficient (Wildman–Crippen LogP) is 5.44. The highest BCUT2D eigenvalue weighted by atomic mass is 16.5. The molecule has 0 spiro atoms. The second kappa shape index (κ2) is 10.6. The summed E-state index contributed by atoms with van der Waals surface area (Å²) in [7, 11) is 0. The van der Waals surface area contributed by atoms with Crippen molar-refractivity contribution in [3.05, 3.63) is 102 Å². The van der Waals surface area contributed by atoms with Crippen molar-refractivity contribution >= 4 is 11.1 Å². The number of allylic oxidation sites excluding steroid dienone is 1. The van der Waals surface area contributed by atoms with Crippen molar-refractivity contribution in [2.24, 2.45) is 0 Å². The van der Waals surface area contributed by atoms with E-state index in [9.17, 15) is 5.11 Å². The van der Waals surface area contributed by atoms with E-state index in [1.807, 2.05) is 31.2 Å². The summed E-state index contributed by atoms with van der Waals surface area (Å²) in [5.41, 5.74) is 5.91. The Morgan fingerprint density at radius 1 is 0.759 bits per heavy atom. The highest BCUT2D eigenvalue weighted by Gasteiger charge is 2.11. The number of aliphatic hydroxyl groups is 1. The van der Waals surface area contributed by atoms with Crippen LogP contribution in [0.15, 0.2) is 84.9 Å². The topological polar surface area (TPSA) is 38.7 Å². The van der Waals surface area contributed by atoms with Gasteiger partial charge in [0.15, 0.2) is 0 Å². The van der Waals surface area contributed by atoms with Crippen LogP contribution in [0.25, 0.3) is 11.1 Å². The number of rotatable bonds is 9. The molecule has 150 valence electrons. The van der Waals surface area contributed by atoms with E-state index >= 15 is 0 Å². The smallest absolute Gasteiger partial charge is 0.119 e. The van der Waals surface area contributed by atoms with Gasteiger partial charge in [-0.25, -0.2) is 0 Å². The summed E-state index contributed by atoms with van der Waals surface area (Å²) in [6.07, 6.45) is -0.630. The first-order valence-electron chi connectivity index (χ1n) is 9.99. The summed E-state index contributed by atoms with van der Waals surface area (Å²) in [5.74, 6) is 0.731. The molecule has 1 N–H and O–H groups in total. The molecule has 0 amide bonds. The van der Waals surface area contributed by atoms with Gasteiger partial charge < -0.3 is 14.6 Å². The molecule has 0 aliphatic heterocycles. The second-order valence-corrected chi connectivity index (χ2v) is 6.88. The molecule has 0 aromatic heterocycles. The maximum absolute atomic E-state index is 9.87. The number of ether oxygens (including phenoxy) is 2. The summed E-state index contributed by atoms with van der Waals surface area (Å²) < 4.78 is 10.9. The Kier molecular flexibility index (Phi) is 7.62. The molecule has 0 saturated carbocycles. The fourth-order valence-corrected chi connectivity index (χ4v) is 3.25. The Balaban J connectivity index is 1.86. The normalized spacial score (nSPS) is 12.9. The molecule has 0 radical (unpaired) electrons. The molecule has 3 rings (SSSR count). The van der Waals surface area contributed by atoms with Crippen LogP contribution in [0.2, 0.25) is 0 Å². The van der Waals surface area contributed by atoms with Crippen molar-refractivity contribution in [1.82, 2.24) is 0 Å². The van der Waals surface area contributed by atoms with Crippen LogP contribution >= 0.6 is 0 Å². The van der Waals surface area contributed by atoms with Gasteiger partial charge >= 0.3 is 0 Å². The zero-order chi connectivity index (χ0) is 20.5. The molecule has 3 aromatic rings. The molecule has 1 unspecified atom stereocenters. The minimum atomic E-state index is -0.630. The quantitative estimate of drug-likeness (QED) is 0.496. The van der Waals surface area contributed by atoms with Crippen molar-refractivity contribution in [2.45, 2.75) is 20.0 Å². The molecule has 3 aromatic carbocycles. The van der Waals surface area contributed by atoms with Gasteiger partial charge in [-0.1, -0.05) is 72.8 Å². The fourth-order valence-electron chi connectivity index (χ4n) is 3.25. The van der Waals surface area contributed by atoms with Gasteiger partial charge in [0.25, 0.3) is 0 Å². The van der Waals surface area contributed by atoms with Gasteiger partial charge in [-0.2, -0.15) is 0 Å². The summed E-state index contributed by atoms with van der Waals surface area (Å²) in [4.78, 5) is 0. The third kappa shape index (κ3) is 5.80. The maximum atomic E-state index is 9.87. The Bertz CT molecular complexity index is 900. The lowest BCUT2D eigenvalue weighted by molar-refractivity contribution is 0.0164. The van der Waals surface area contributed by atoms with Crippen LogP contribution in [0, 0.1) is 0 Å². The third-order valence-corrected chi connectivity index (χ3v) is 4.74. The molecule has 0 fully saturated rings. The molecule has 0 heterocycles. The molecular weight excluding hydrogens is 360 g/mol. The van der Waals surface area contributed by atoms with Gasteiger partial charge in [-0.3, -0.25) is 0 Å². The van der Waals surface area contributed by atoms with E-state index in [1.54, 1.807) is 0 Å². The number of aliphatic hydroxyl groups excluding tert-OH is 1. The fraction of sp³-hybridized carbons (Fsp3) is 0.231. The third-order valence-electron chi connectivity index (χ3n) is 4.74. The van der Waals surface area contributed by atoms with Crippen LogP contribution < -0.4 is 4.74 Å². The van der Waals surface area contributed by atoms with Gasteiger partial charge in [0, 0.05) is 6.61 Å². The molecular formula is C26H28O3. The summed E-state index contributed by atoms with van der Waals surface area (Å²) >= 11 is 0. The number of hydrogen-bond donors (Lipinski definition) is 1. The van der Waals surface area contributed by atoms with E-state index in [0.29, 0.717) is 6.61 Å². The van der Waals surface area contributed by atoms with Crippen molar-refractivity contribution in [3.8, 4) is 5.75 Å². The van der Waals surface area contributed by atoms with Crippen molar-refractivity contribution in [3.63, 3.8) is 0 Å². The highest BCUT2D eigenvalue weighted by Crippen LogP contribution is 2.32. The molecule has 0 aliphatic rings. The summed E-state index contributed by atoms with van der Waals surface area (Å²) in [6, 6.07) is 28.9. The molecule has 0 aliphatic carbocycles. The first-order chi connectivity index (χ1) is 14.2. The first-order valence-corrected chi connectivity index (χ1v) is 9.99. The van der Waals surface area contributed by atoms with E-state index in [4.69, 9.17) is 9.47 Å². The molecule has 0 saturated heterocycles. The first kappa shape index (κ1) is 20.8. The number of hydrogen-bond acceptors (Lipinski definition) is 3. The molecule has 29 heavy (non-hydrogen) atoms. The predicted molar refractivity (Wildman–Crippen MR) is 119 cm³/mol. The average molecular weight is 389 g/mol. The van der Waals surface area contributed by atoms with E-state index in [1.165, 1.54) is 22.3 Å². The lowest BCUT2D eigenvalue weighted by atomic mass is 9.90. The van der Waals surface area contributed by atoms with Gasteiger partial charge in [-0.15, -0.1) is 0 Å². The molecule has 3 nitrogen and oxygen atoms in total. The lowest BCUT2D eigenvalue weighted by Crippen LogP contribution is -2.23. The van der Waals surface area contributed by atoms with Crippen molar-refractivity contribution in [2.75, 3.05) is 19.8 Å². The van der Waals surface area contributed by atoms with E-state index in [2.05, 4.69) is 67.6 Å². The highest BCUT2D eigenvalue weighted by molar-refractivity contribution is 5.97. The van der Waals surface area contributed by atoms with Crippen molar-refractivity contribution in [1.29, 1.82) is 0 Å². The zero-order valence-corrected chi connectivity index (χ0v) is 17.0. The Morgan fingerprint density at radius 3 is 1.90 bits per heavy atom. The van der Waals surface area contributed by atoms with Crippen molar-refractivity contribution < 1.29 is 14.6 Å². The van der Waals surface area contributed by atoms with Gasteiger partial charge in [0.05, 0.1) is 6.61 Å². The minimum Gasteiger partial charge on any atom is -0.491 e. The Morgan fingerprint density at radius 2 is 1.31 bits per heavy atom. The van der Waals surface area contributed by atoms with Gasteiger partial charge in [0.2, 0.25) is 0 Å². The van der Waals surface area contributed by atoms with Crippen LogP contribution in [0.4, 0.5) is 0 Å². The van der Waals surface area contributed by atoms with Crippen LogP contribution in [-0.2, 0) is 4.74 Å². The number of benzene rings is 3. The SMILES string of the molecule is CCOCC(O)COc1ccc(/C(=C(\C)c2ccccc2)c2ccccc2)cc1. The van der Waals surface area contributed by atoms with E-state index < -0.39 is 6.10 Å². The minimum absolute atomic E-state index is 0.212. The molecule has 0 bridgehead atoms. The lowest BCUT2D eigenvalue weighted by Gasteiger charge is -2.16. The molecule has 3 heteroatoms. The zero-order valence-electron chi connectivity index (χ0n) is 17.0. The van der Waals surface area contributed by atoms with E-state index in [0.717, 1.165) is 11.3 Å². The van der Waals surface area contributed by atoms with Crippen LogP contribution in [0.1, 0.15) is 30.5 Å².